The molecule has 6 N–H and O–H groups in total. The molecule has 2 heterocycles. The molecule has 1 aliphatic heterocycles. The summed E-state index contributed by atoms with van der Waals surface area (Å²) in [5.41, 5.74) is 3.18. The number of aliphatic hydroxyl groups excluding tert-OH is 5. The number of aromatic nitrogens is 1. The Hall–Kier alpha value is -2.07. The van der Waals surface area contributed by atoms with Crippen LogP contribution in [-0.2, 0) is 4.74 Å². The summed E-state index contributed by atoms with van der Waals surface area (Å²) in [5.74, 6) is 0.737. The van der Waals surface area contributed by atoms with Crippen LogP contribution in [0.1, 0.15) is 17.2 Å². The fourth-order valence-electron chi connectivity index (χ4n) is 3.50. The number of anilines is 1. The number of pyridine rings is 1. The average Bonchev–Trinajstić information content (AvgIpc) is 2.72. The highest BCUT2D eigenvalue weighted by Crippen LogP contribution is 2.33. The number of hydrogen-bond acceptors (Lipinski definition) is 8. The van der Waals surface area contributed by atoms with Crippen LogP contribution in [0.25, 0.3) is 11.1 Å². The van der Waals surface area contributed by atoms with Gasteiger partial charge in [0.05, 0.1) is 6.61 Å². The maximum absolute atomic E-state index is 10.8. The lowest BCUT2D eigenvalue weighted by molar-refractivity contribution is -0.250. The highest BCUT2D eigenvalue weighted by molar-refractivity contribution is 5.67. The molecule has 0 aliphatic carbocycles. The zero-order valence-electron chi connectivity index (χ0n) is 15.7. The van der Waals surface area contributed by atoms with Crippen LogP contribution < -0.4 is 5.32 Å². The number of aliphatic hydroxyl groups is 5. The number of nitrogens with zero attached hydrogens (tertiary/aromatic N) is 1. The minimum Gasteiger partial charge on any atom is -0.394 e. The predicted octanol–water partition coefficient (Wildman–Crippen LogP) is -0.0255. The van der Waals surface area contributed by atoms with Gasteiger partial charge >= 0.3 is 0 Å². The molecule has 1 aromatic carbocycles. The minimum atomic E-state index is -1.53. The van der Waals surface area contributed by atoms with Gasteiger partial charge in [0.2, 0.25) is 0 Å². The maximum atomic E-state index is 10.8. The highest BCUT2D eigenvalue weighted by atomic mass is 16.6. The molecule has 8 nitrogen and oxygen atoms in total. The Kier molecular flexibility index (Phi) is 6.29. The molecule has 1 fully saturated rings. The third kappa shape index (κ3) is 3.88. The van der Waals surface area contributed by atoms with Gasteiger partial charge in [0.15, 0.2) is 0 Å². The van der Waals surface area contributed by atoms with E-state index in [0.29, 0.717) is 5.56 Å². The van der Waals surface area contributed by atoms with Crippen molar-refractivity contribution in [3.63, 3.8) is 0 Å². The summed E-state index contributed by atoms with van der Waals surface area (Å²) < 4.78 is 5.47. The fourth-order valence-corrected chi connectivity index (χ4v) is 3.50. The molecule has 2 aromatic rings. The monoisotopic (exact) mass is 390 g/mol. The van der Waals surface area contributed by atoms with Crippen LogP contribution in [0.5, 0.6) is 0 Å². The first kappa shape index (κ1) is 20.7. The van der Waals surface area contributed by atoms with Crippen molar-refractivity contribution in [2.75, 3.05) is 19.0 Å². The summed E-state index contributed by atoms with van der Waals surface area (Å²) in [6.45, 7) is 1.29. The largest absolute Gasteiger partial charge is 0.394 e. The van der Waals surface area contributed by atoms with E-state index in [2.05, 4.69) is 10.3 Å². The van der Waals surface area contributed by atoms with E-state index < -0.39 is 43.2 Å². The number of ether oxygens (including phenoxy) is 1. The maximum Gasteiger partial charge on any atom is 0.126 e. The summed E-state index contributed by atoms with van der Waals surface area (Å²) in [6, 6.07) is 9.25. The Labute approximate surface area is 163 Å². The van der Waals surface area contributed by atoms with E-state index in [9.17, 15) is 25.5 Å². The van der Waals surface area contributed by atoms with Crippen molar-refractivity contribution < 1.29 is 30.3 Å². The van der Waals surface area contributed by atoms with Crippen LogP contribution in [0.3, 0.4) is 0 Å². The molecule has 28 heavy (non-hydrogen) atoms. The molecule has 1 aliphatic rings. The molecule has 152 valence electrons. The standard InChI is InChI=1S/C20H26N2O6/c1-10-7-11(12-5-6-22-15(8-12)21-2)3-4-13(10)16(24)20-19(27)18(26)17(25)14(9-23)28-20/h3-8,14,16-20,23-27H,9H2,1-2H3,(H,21,22)/t14?,16-,17-,18+,19?,20-/m1/s1. The number of hydrogen-bond donors (Lipinski definition) is 6. The first-order valence-corrected chi connectivity index (χ1v) is 9.10. The number of aryl methyl sites for hydroxylation is 1. The van der Waals surface area contributed by atoms with Crippen LogP contribution in [-0.4, -0.2) is 74.7 Å². The van der Waals surface area contributed by atoms with Crippen LogP contribution >= 0.6 is 0 Å². The van der Waals surface area contributed by atoms with Gasteiger partial charge in [-0.2, -0.15) is 0 Å². The predicted molar refractivity (Wildman–Crippen MR) is 103 cm³/mol. The van der Waals surface area contributed by atoms with Crippen LogP contribution in [0.2, 0.25) is 0 Å². The van der Waals surface area contributed by atoms with Crippen LogP contribution in [0.4, 0.5) is 5.82 Å². The number of nitrogens with one attached hydrogen (secondary N) is 1. The van der Waals surface area contributed by atoms with Crippen molar-refractivity contribution >= 4 is 5.82 Å². The van der Waals surface area contributed by atoms with Gasteiger partial charge in [0.1, 0.15) is 42.4 Å². The van der Waals surface area contributed by atoms with Gasteiger partial charge in [-0.1, -0.05) is 18.2 Å². The van der Waals surface area contributed by atoms with Gasteiger partial charge in [-0.3, -0.25) is 0 Å². The third-order valence-electron chi connectivity index (χ3n) is 5.18. The van der Waals surface area contributed by atoms with E-state index >= 15 is 0 Å². The van der Waals surface area contributed by atoms with Crippen molar-refractivity contribution in [2.24, 2.45) is 0 Å². The van der Waals surface area contributed by atoms with E-state index in [-0.39, 0.29) is 0 Å². The molecule has 0 radical (unpaired) electrons. The van der Waals surface area contributed by atoms with Gasteiger partial charge in [-0.25, -0.2) is 4.98 Å². The second-order valence-corrected chi connectivity index (χ2v) is 6.99. The van der Waals surface area contributed by atoms with Gasteiger partial charge < -0.3 is 35.6 Å². The molecular weight excluding hydrogens is 364 g/mol. The summed E-state index contributed by atoms with van der Waals surface area (Å²) in [4.78, 5) is 4.19. The summed E-state index contributed by atoms with van der Waals surface area (Å²) in [5, 5.41) is 53.2. The Morgan fingerprint density at radius 3 is 2.43 bits per heavy atom. The Bertz CT molecular complexity index is 815. The highest BCUT2D eigenvalue weighted by Gasteiger charge is 2.46. The second-order valence-electron chi connectivity index (χ2n) is 6.99. The topological polar surface area (TPSA) is 135 Å². The number of rotatable bonds is 5. The van der Waals surface area contributed by atoms with Gasteiger partial charge in [-0.15, -0.1) is 0 Å². The lowest BCUT2D eigenvalue weighted by atomic mass is 9.88. The van der Waals surface area contributed by atoms with Crippen LogP contribution in [0.15, 0.2) is 36.5 Å². The number of benzene rings is 1. The zero-order chi connectivity index (χ0) is 20.4. The first-order chi connectivity index (χ1) is 13.4. The molecule has 6 atom stereocenters. The molecular formula is C20H26N2O6. The third-order valence-corrected chi connectivity index (χ3v) is 5.18. The Morgan fingerprint density at radius 1 is 1.07 bits per heavy atom. The van der Waals surface area contributed by atoms with E-state index in [1.807, 2.05) is 31.2 Å². The van der Waals surface area contributed by atoms with Gasteiger partial charge in [0, 0.05) is 13.2 Å². The van der Waals surface area contributed by atoms with E-state index in [4.69, 9.17) is 4.74 Å². The Morgan fingerprint density at radius 2 is 1.79 bits per heavy atom. The summed E-state index contributed by atoms with van der Waals surface area (Å²) >= 11 is 0. The lowest BCUT2D eigenvalue weighted by Gasteiger charge is -2.42. The fraction of sp³-hybridized carbons (Fsp3) is 0.450. The van der Waals surface area contributed by atoms with Crippen molar-refractivity contribution in [3.05, 3.63) is 47.7 Å². The molecule has 1 aromatic heterocycles. The second kappa shape index (κ2) is 8.52. The smallest absolute Gasteiger partial charge is 0.126 e. The molecule has 0 saturated carbocycles. The van der Waals surface area contributed by atoms with Crippen molar-refractivity contribution in [3.8, 4) is 11.1 Å². The van der Waals surface area contributed by atoms with Gasteiger partial charge in [0.25, 0.3) is 0 Å². The molecule has 8 heteroatoms. The van der Waals surface area contributed by atoms with E-state index in [1.165, 1.54) is 0 Å². The van der Waals surface area contributed by atoms with Gasteiger partial charge in [-0.05, 0) is 41.3 Å². The molecule has 1 saturated heterocycles. The van der Waals surface area contributed by atoms with E-state index in [1.54, 1.807) is 19.3 Å². The lowest BCUT2D eigenvalue weighted by Crippen LogP contribution is -2.59. The van der Waals surface area contributed by atoms with E-state index in [0.717, 1.165) is 22.5 Å². The quantitative estimate of drug-likeness (QED) is 0.419. The first-order valence-electron chi connectivity index (χ1n) is 9.10. The Balaban J connectivity index is 1.87. The minimum absolute atomic E-state index is 0.524. The summed E-state index contributed by atoms with van der Waals surface area (Å²) in [6.07, 6.45) is -6.27. The zero-order valence-corrected chi connectivity index (χ0v) is 15.7. The average molecular weight is 390 g/mol. The SMILES string of the molecule is CNc1cc(-c2ccc([C@@H](O)[C@H]3OC(CO)[C@@H](O)[C@H](O)C3O)c(C)c2)ccn1. The molecule has 2 unspecified atom stereocenters. The van der Waals surface area contributed by atoms with Crippen molar-refractivity contribution in [2.45, 2.75) is 43.5 Å². The van der Waals surface area contributed by atoms with Crippen molar-refractivity contribution in [1.82, 2.24) is 4.98 Å². The molecule has 3 rings (SSSR count). The molecule has 0 spiro atoms. The van der Waals surface area contributed by atoms with Crippen LogP contribution in [0, 0.1) is 6.92 Å². The van der Waals surface area contributed by atoms with Crippen molar-refractivity contribution in [1.29, 1.82) is 0 Å². The normalized spacial score (nSPS) is 28.8. The molecule has 0 amide bonds. The summed E-state index contributed by atoms with van der Waals surface area (Å²) in [7, 11) is 1.79. The molecule has 0 bridgehead atoms.